The Labute approximate surface area is 110 Å². The maximum absolute atomic E-state index is 10.8. The number of hydrogen-bond acceptors (Lipinski definition) is 5. The number of rotatable bonds is 4. The summed E-state index contributed by atoms with van der Waals surface area (Å²) >= 11 is 0. The molecule has 0 saturated heterocycles. The highest BCUT2D eigenvalue weighted by atomic mass is 16.6. The van der Waals surface area contributed by atoms with Gasteiger partial charge in [-0.15, -0.1) is 0 Å². The van der Waals surface area contributed by atoms with Gasteiger partial charge in [0.2, 0.25) is 0 Å². The lowest BCUT2D eigenvalue weighted by Gasteiger charge is -2.09. The third-order valence-corrected chi connectivity index (χ3v) is 2.69. The quantitative estimate of drug-likeness (QED) is 0.672. The smallest absolute Gasteiger partial charge is 0.276 e. The van der Waals surface area contributed by atoms with E-state index in [9.17, 15) is 10.1 Å². The van der Waals surface area contributed by atoms with Crippen molar-refractivity contribution in [1.82, 2.24) is 4.98 Å². The largest absolute Gasteiger partial charge is 0.488 e. The molecule has 0 unspecified atom stereocenters. The average Bonchev–Trinajstić information content (AvgIpc) is 2.39. The Bertz CT molecular complexity index is 597. The normalized spacial score (nSPS) is 10.2. The van der Waals surface area contributed by atoms with Gasteiger partial charge in [0.1, 0.15) is 18.2 Å². The van der Waals surface area contributed by atoms with Crippen molar-refractivity contribution in [1.29, 1.82) is 0 Å². The Kier molecular flexibility index (Phi) is 3.61. The molecular formula is C13H13N3O3. The fourth-order valence-electron chi connectivity index (χ4n) is 1.64. The number of ether oxygens (including phenoxy) is 1. The van der Waals surface area contributed by atoms with Gasteiger partial charge in [-0.1, -0.05) is 12.1 Å². The summed E-state index contributed by atoms with van der Waals surface area (Å²) in [6, 6.07) is 8.23. The van der Waals surface area contributed by atoms with Crippen LogP contribution in [0.4, 0.5) is 11.5 Å². The number of nitrogens with two attached hydrogens (primary N) is 1. The van der Waals surface area contributed by atoms with Gasteiger partial charge >= 0.3 is 0 Å². The average molecular weight is 259 g/mol. The van der Waals surface area contributed by atoms with Crippen molar-refractivity contribution in [3.63, 3.8) is 0 Å². The summed E-state index contributed by atoms with van der Waals surface area (Å²) in [5.41, 5.74) is 6.89. The Hall–Kier alpha value is -2.63. The Morgan fingerprint density at radius 1 is 1.37 bits per heavy atom. The summed E-state index contributed by atoms with van der Waals surface area (Å²) < 4.78 is 5.57. The van der Waals surface area contributed by atoms with Gasteiger partial charge in [-0.25, -0.2) is 4.98 Å². The molecule has 0 saturated carbocycles. The second kappa shape index (κ2) is 5.34. The van der Waals surface area contributed by atoms with Gasteiger partial charge < -0.3 is 10.5 Å². The predicted octanol–water partition coefficient (Wildman–Crippen LogP) is 2.46. The third-order valence-electron chi connectivity index (χ3n) is 2.69. The van der Waals surface area contributed by atoms with Crippen LogP contribution in [0.5, 0.6) is 5.75 Å². The lowest BCUT2D eigenvalue weighted by molar-refractivity contribution is -0.385. The molecule has 0 amide bonds. The van der Waals surface area contributed by atoms with Crippen molar-refractivity contribution in [2.45, 2.75) is 13.5 Å². The molecule has 0 fully saturated rings. The Morgan fingerprint density at radius 2 is 2.16 bits per heavy atom. The highest BCUT2D eigenvalue weighted by molar-refractivity contribution is 5.48. The van der Waals surface area contributed by atoms with Crippen LogP contribution in [0.25, 0.3) is 0 Å². The van der Waals surface area contributed by atoms with E-state index >= 15 is 0 Å². The van der Waals surface area contributed by atoms with E-state index in [1.807, 2.05) is 0 Å². The molecule has 2 aromatic rings. The monoisotopic (exact) mass is 259 g/mol. The zero-order valence-corrected chi connectivity index (χ0v) is 10.4. The SMILES string of the molecule is Cc1c(OCc2ccc(N)nc2)cccc1[N+](=O)[O-]. The molecule has 1 aromatic carbocycles. The number of nitro groups is 1. The second-order valence-electron chi connectivity index (χ2n) is 4.04. The molecule has 0 radical (unpaired) electrons. The molecule has 0 aliphatic rings. The number of anilines is 1. The highest BCUT2D eigenvalue weighted by Gasteiger charge is 2.13. The first-order valence-corrected chi connectivity index (χ1v) is 5.65. The van der Waals surface area contributed by atoms with Crippen molar-refractivity contribution in [3.05, 3.63) is 57.8 Å². The van der Waals surface area contributed by atoms with E-state index in [-0.39, 0.29) is 12.3 Å². The third kappa shape index (κ3) is 2.98. The van der Waals surface area contributed by atoms with Crippen LogP contribution in [-0.2, 0) is 6.61 Å². The van der Waals surface area contributed by atoms with E-state index in [2.05, 4.69) is 4.98 Å². The van der Waals surface area contributed by atoms with Gasteiger partial charge in [0, 0.05) is 17.8 Å². The van der Waals surface area contributed by atoms with Crippen molar-refractivity contribution in [3.8, 4) is 5.75 Å². The van der Waals surface area contributed by atoms with Crippen LogP contribution in [-0.4, -0.2) is 9.91 Å². The van der Waals surface area contributed by atoms with E-state index in [4.69, 9.17) is 10.5 Å². The Balaban J connectivity index is 2.13. The van der Waals surface area contributed by atoms with E-state index in [1.165, 1.54) is 6.07 Å². The van der Waals surface area contributed by atoms with Gasteiger partial charge in [0.15, 0.2) is 0 Å². The topological polar surface area (TPSA) is 91.3 Å². The molecule has 0 atom stereocenters. The lowest BCUT2D eigenvalue weighted by atomic mass is 10.2. The molecule has 0 spiro atoms. The van der Waals surface area contributed by atoms with Crippen LogP contribution in [0.3, 0.4) is 0 Å². The van der Waals surface area contributed by atoms with Crippen molar-refractivity contribution in [2.24, 2.45) is 0 Å². The van der Waals surface area contributed by atoms with Gasteiger partial charge in [-0.05, 0) is 19.1 Å². The standard InChI is InChI=1S/C13H13N3O3/c1-9-11(16(17)18)3-2-4-12(9)19-8-10-5-6-13(14)15-7-10/h2-7H,8H2,1H3,(H2,14,15). The first-order valence-electron chi connectivity index (χ1n) is 5.65. The number of nitrogen functional groups attached to an aromatic ring is 1. The molecule has 2 N–H and O–H groups in total. The zero-order chi connectivity index (χ0) is 13.8. The lowest BCUT2D eigenvalue weighted by Crippen LogP contribution is -2.00. The van der Waals surface area contributed by atoms with E-state index in [0.717, 1.165) is 5.56 Å². The number of aromatic nitrogens is 1. The number of benzene rings is 1. The zero-order valence-electron chi connectivity index (χ0n) is 10.4. The summed E-state index contributed by atoms with van der Waals surface area (Å²) in [4.78, 5) is 14.3. The van der Waals surface area contributed by atoms with E-state index < -0.39 is 4.92 Å². The Morgan fingerprint density at radius 3 is 2.79 bits per heavy atom. The van der Waals surface area contributed by atoms with Crippen LogP contribution in [0.15, 0.2) is 36.5 Å². The first-order chi connectivity index (χ1) is 9.08. The van der Waals surface area contributed by atoms with Crippen LogP contribution >= 0.6 is 0 Å². The predicted molar refractivity (Wildman–Crippen MR) is 70.8 cm³/mol. The molecule has 2 rings (SSSR count). The maximum Gasteiger partial charge on any atom is 0.276 e. The molecule has 0 aliphatic heterocycles. The van der Waals surface area contributed by atoms with E-state index in [1.54, 1.807) is 37.4 Å². The molecule has 6 nitrogen and oxygen atoms in total. The van der Waals surface area contributed by atoms with Gasteiger partial charge in [-0.2, -0.15) is 0 Å². The summed E-state index contributed by atoms with van der Waals surface area (Å²) in [7, 11) is 0. The fourth-order valence-corrected chi connectivity index (χ4v) is 1.64. The number of hydrogen-bond donors (Lipinski definition) is 1. The molecule has 1 aromatic heterocycles. The minimum absolute atomic E-state index is 0.0490. The number of nitro benzene ring substituents is 1. The molecule has 19 heavy (non-hydrogen) atoms. The molecule has 98 valence electrons. The van der Waals surface area contributed by atoms with E-state index in [0.29, 0.717) is 17.1 Å². The van der Waals surface area contributed by atoms with Gasteiger partial charge in [0.05, 0.1) is 10.5 Å². The van der Waals surface area contributed by atoms with Crippen LogP contribution in [0, 0.1) is 17.0 Å². The summed E-state index contributed by atoms with van der Waals surface area (Å²) in [6.07, 6.45) is 1.61. The number of pyridine rings is 1. The van der Waals surface area contributed by atoms with Crippen molar-refractivity contribution >= 4 is 11.5 Å². The van der Waals surface area contributed by atoms with Gasteiger partial charge in [0.25, 0.3) is 5.69 Å². The van der Waals surface area contributed by atoms with Crippen LogP contribution in [0.2, 0.25) is 0 Å². The fraction of sp³-hybridized carbons (Fsp3) is 0.154. The second-order valence-corrected chi connectivity index (χ2v) is 4.04. The molecule has 0 aliphatic carbocycles. The van der Waals surface area contributed by atoms with Crippen LogP contribution in [0.1, 0.15) is 11.1 Å². The summed E-state index contributed by atoms with van der Waals surface area (Å²) in [5.74, 6) is 0.932. The summed E-state index contributed by atoms with van der Waals surface area (Å²) in [5, 5.41) is 10.8. The van der Waals surface area contributed by atoms with Crippen LogP contribution < -0.4 is 10.5 Å². The van der Waals surface area contributed by atoms with Gasteiger partial charge in [-0.3, -0.25) is 10.1 Å². The highest BCUT2D eigenvalue weighted by Crippen LogP contribution is 2.27. The first kappa shape index (κ1) is 12.8. The minimum Gasteiger partial charge on any atom is -0.488 e. The maximum atomic E-state index is 10.8. The summed E-state index contributed by atoms with van der Waals surface area (Å²) in [6.45, 7) is 1.95. The molecule has 6 heteroatoms. The molecule has 1 heterocycles. The molecule has 0 bridgehead atoms. The van der Waals surface area contributed by atoms with Crippen molar-refractivity contribution in [2.75, 3.05) is 5.73 Å². The number of nitrogens with zero attached hydrogens (tertiary/aromatic N) is 2. The minimum atomic E-state index is -0.424. The van der Waals surface area contributed by atoms with Crippen molar-refractivity contribution < 1.29 is 9.66 Å². The molecular weight excluding hydrogens is 246 g/mol.